The topological polar surface area (TPSA) is 50.8 Å². The van der Waals surface area contributed by atoms with Gasteiger partial charge < -0.3 is 19.7 Å². The molecular formula is C22H29ClN2O3. The summed E-state index contributed by atoms with van der Waals surface area (Å²) in [7, 11) is 3.23. The quantitative estimate of drug-likeness (QED) is 0.801. The molecule has 1 aliphatic rings. The third-order valence-electron chi connectivity index (χ3n) is 5.19. The lowest BCUT2D eigenvalue weighted by Crippen LogP contribution is -2.49. The zero-order valence-electron chi connectivity index (χ0n) is 16.7. The van der Waals surface area contributed by atoms with E-state index in [1.54, 1.807) is 14.2 Å². The van der Waals surface area contributed by atoms with Gasteiger partial charge in [0.25, 0.3) is 0 Å². The molecule has 1 amide bonds. The van der Waals surface area contributed by atoms with Crippen molar-refractivity contribution in [1.29, 1.82) is 0 Å². The van der Waals surface area contributed by atoms with Gasteiger partial charge in [-0.1, -0.05) is 37.3 Å². The van der Waals surface area contributed by atoms with Gasteiger partial charge in [0.1, 0.15) is 11.5 Å². The second-order valence-corrected chi connectivity index (χ2v) is 6.72. The van der Waals surface area contributed by atoms with Crippen LogP contribution in [0.1, 0.15) is 29.7 Å². The number of amides is 1. The molecule has 0 spiro atoms. The lowest BCUT2D eigenvalue weighted by atomic mass is 9.99. The monoisotopic (exact) mass is 404 g/mol. The van der Waals surface area contributed by atoms with E-state index in [9.17, 15) is 4.79 Å². The fourth-order valence-electron chi connectivity index (χ4n) is 3.63. The molecule has 6 heteroatoms. The number of rotatable bonds is 6. The standard InChI is InChI=1S/C22H28N2O3.ClH/c1-4-16-8-10-17(11-9-16)19-15-23-12-13-24(19)22(25)14-18-20(26-2)6-5-7-21(18)27-3;/h5-11,19,23H,4,12-15H2,1-3H3;1H. The molecule has 3 rings (SSSR count). The normalized spacial score (nSPS) is 16.2. The molecule has 1 heterocycles. The van der Waals surface area contributed by atoms with Crippen molar-refractivity contribution in [2.75, 3.05) is 33.9 Å². The van der Waals surface area contributed by atoms with E-state index >= 15 is 0 Å². The van der Waals surface area contributed by atoms with Crippen LogP contribution in [0.3, 0.4) is 0 Å². The molecule has 0 aliphatic carbocycles. The maximum Gasteiger partial charge on any atom is 0.227 e. The van der Waals surface area contributed by atoms with Crippen LogP contribution in [0.15, 0.2) is 42.5 Å². The number of ether oxygens (including phenoxy) is 2. The molecule has 0 aromatic heterocycles. The highest BCUT2D eigenvalue weighted by Gasteiger charge is 2.29. The van der Waals surface area contributed by atoms with E-state index in [2.05, 4.69) is 36.5 Å². The summed E-state index contributed by atoms with van der Waals surface area (Å²) in [6, 6.07) is 14.2. The largest absolute Gasteiger partial charge is 0.496 e. The van der Waals surface area contributed by atoms with Gasteiger partial charge in [-0.3, -0.25) is 4.79 Å². The lowest BCUT2D eigenvalue weighted by molar-refractivity contribution is -0.133. The number of carbonyl (C=O) groups excluding carboxylic acids is 1. The van der Waals surface area contributed by atoms with E-state index in [1.807, 2.05) is 23.1 Å². The molecule has 5 nitrogen and oxygen atoms in total. The van der Waals surface area contributed by atoms with E-state index in [1.165, 1.54) is 11.1 Å². The minimum absolute atomic E-state index is 0. The Morgan fingerprint density at radius 2 is 1.75 bits per heavy atom. The summed E-state index contributed by atoms with van der Waals surface area (Å²) in [4.78, 5) is 15.2. The van der Waals surface area contributed by atoms with Crippen LogP contribution in [-0.4, -0.2) is 44.7 Å². The van der Waals surface area contributed by atoms with E-state index in [0.717, 1.165) is 25.1 Å². The van der Waals surface area contributed by atoms with Gasteiger partial charge in [-0.05, 0) is 29.7 Å². The maximum absolute atomic E-state index is 13.2. The SMILES string of the molecule is CCc1ccc(C2CNCCN2C(=O)Cc2c(OC)cccc2OC)cc1.Cl. The van der Waals surface area contributed by atoms with Gasteiger partial charge in [0.05, 0.1) is 26.7 Å². The number of aryl methyl sites for hydroxylation is 1. The summed E-state index contributed by atoms with van der Waals surface area (Å²) in [6.45, 7) is 4.41. The van der Waals surface area contributed by atoms with Crippen molar-refractivity contribution in [3.8, 4) is 11.5 Å². The molecule has 2 aromatic carbocycles. The molecule has 2 aromatic rings. The Labute approximate surface area is 173 Å². The summed E-state index contributed by atoms with van der Waals surface area (Å²) in [5.41, 5.74) is 3.27. The smallest absolute Gasteiger partial charge is 0.227 e. The van der Waals surface area contributed by atoms with E-state index in [0.29, 0.717) is 18.0 Å². The van der Waals surface area contributed by atoms with Crippen LogP contribution in [-0.2, 0) is 17.6 Å². The van der Waals surface area contributed by atoms with Crippen molar-refractivity contribution >= 4 is 18.3 Å². The molecule has 1 fully saturated rings. The molecule has 0 saturated carbocycles. The first-order valence-corrected chi connectivity index (χ1v) is 9.46. The Bertz CT molecular complexity index is 758. The van der Waals surface area contributed by atoms with Gasteiger partial charge in [0, 0.05) is 25.2 Å². The number of piperazine rings is 1. The Kier molecular flexibility index (Phi) is 8.15. The maximum atomic E-state index is 13.2. The molecule has 1 N–H and O–H groups in total. The minimum atomic E-state index is 0. The first kappa shape index (κ1) is 22.1. The number of methoxy groups -OCH3 is 2. The van der Waals surface area contributed by atoms with E-state index in [-0.39, 0.29) is 30.8 Å². The minimum Gasteiger partial charge on any atom is -0.496 e. The number of hydrogen-bond acceptors (Lipinski definition) is 4. The molecule has 0 bridgehead atoms. The Morgan fingerprint density at radius 1 is 1.11 bits per heavy atom. The number of carbonyl (C=O) groups is 1. The van der Waals surface area contributed by atoms with Crippen LogP contribution in [0.2, 0.25) is 0 Å². The summed E-state index contributed by atoms with van der Waals surface area (Å²) in [5, 5.41) is 3.41. The zero-order chi connectivity index (χ0) is 19.2. The van der Waals surface area contributed by atoms with E-state index < -0.39 is 0 Å². The van der Waals surface area contributed by atoms with Gasteiger partial charge in [-0.15, -0.1) is 12.4 Å². The number of nitrogens with zero attached hydrogens (tertiary/aromatic N) is 1. The average molecular weight is 405 g/mol. The van der Waals surface area contributed by atoms with Crippen molar-refractivity contribution in [3.63, 3.8) is 0 Å². The van der Waals surface area contributed by atoms with Gasteiger partial charge in [-0.25, -0.2) is 0 Å². The Morgan fingerprint density at radius 3 is 2.32 bits per heavy atom. The molecule has 1 aliphatic heterocycles. The van der Waals surface area contributed by atoms with Crippen molar-refractivity contribution in [2.45, 2.75) is 25.8 Å². The third-order valence-corrected chi connectivity index (χ3v) is 5.19. The fourth-order valence-corrected chi connectivity index (χ4v) is 3.63. The third kappa shape index (κ3) is 4.78. The second-order valence-electron chi connectivity index (χ2n) is 6.72. The summed E-state index contributed by atoms with van der Waals surface area (Å²) >= 11 is 0. The van der Waals surface area contributed by atoms with Crippen LogP contribution >= 0.6 is 12.4 Å². The molecule has 1 unspecified atom stereocenters. The zero-order valence-corrected chi connectivity index (χ0v) is 17.6. The predicted octanol–water partition coefficient (Wildman–Crippen LogP) is 3.40. The van der Waals surface area contributed by atoms with Crippen molar-refractivity contribution < 1.29 is 14.3 Å². The number of benzene rings is 2. The highest BCUT2D eigenvalue weighted by molar-refractivity contribution is 5.85. The van der Waals surface area contributed by atoms with Gasteiger partial charge in [0.2, 0.25) is 5.91 Å². The van der Waals surface area contributed by atoms with Crippen LogP contribution in [0.5, 0.6) is 11.5 Å². The molecule has 1 atom stereocenters. The van der Waals surface area contributed by atoms with Crippen molar-refractivity contribution in [2.24, 2.45) is 0 Å². The van der Waals surface area contributed by atoms with Gasteiger partial charge >= 0.3 is 0 Å². The second kappa shape index (κ2) is 10.3. The summed E-state index contributed by atoms with van der Waals surface area (Å²) in [5.74, 6) is 1.45. The molecule has 152 valence electrons. The van der Waals surface area contributed by atoms with Gasteiger partial charge in [0.15, 0.2) is 0 Å². The van der Waals surface area contributed by atoms with Gasteiger partial charge in [-0.2, -0.15) is 0 Å². The Balaban J connectivity index is 0.00000280. The summed E-state index contributed by atoms with van der Waals surface area (Å²) in [6.07, 6.45) is 1.27. The first-order valence-electron chi connectivity index (χ1n) is 9.46. The molecule has 28 heavy (non-hydrogen) atoms. The number of nitrogens with one attached hydrogen (secondary N) is 1. The number of halogens is 1. The van der Waals surface area contributed by atoms with Crippen LogP contribution in [0.4, 0.5) is 0 Å². The van der Waals surface area contributed by atoms with E-state index in [4.69, 9.17) is 9.47 Å². The highest BCUT2D eigenvalue weighted by Crippen LogP contribution is 2.31. The number of hydrogen-bond donors (Lipinski definition) is 1. The fraction of sp³-hybridized carbons (Fsp3) is 0.409. The summed E-state index contributed by atoms with van der Waals surface area (Å²) < 4.78 is 10.9. The first-order chi connectivity index (χ1) is 13.2. The predicted molar refractivity (Wildman–Crippen MR) is 114 cm³/mol. The lowest BCUT2D eigenvalue weighted by Gasteiger charge is -2.37. The van der Waals surface area contributed by atoms with Crippen LogP contribution in [0.25, 0.3) is 0 Å². The van der Waals surface area contributed by atoms with Crippen molar-refractivity contribution in [1.82, 2.24) is 10.2 Å². The molecule has 0 radical (unpaired) electrons. The highest BCUT2D eigenvalue weighted by atomic mass is 35.5. The van der Waals surface area contributed by atoms with Crippen molar-refractivity contribution in [3.05, 3.63) is 59.2 Å². The average Bonchev–Trinajstić information content (AvgIpc) is 2.73. The van der Waals surface area contributed by atoms with Crippen LogP contribution < -0.4 is 14.8 Å². The molecular weight excluding hydrogens is 376 g/mol. The molecule has 1 saturated heterocycles. The van der Waals surface area contributed by atoms with Crippen LogP contribution in [0, 0.1) is 0 Å². The Hall–Kier alpha value is -2.24.